The Morgan fingerprint density at radius 1 is 1.00 bits per heavy atom. The van der Waals surface area contributed by atoms with Crippen LogP contribution in [0.15, 0.2) is 48.5 Å². The number of carbonyl (C=O) groups is 2. The molecule has 0 spiro atoms. The molecule has 2 aliphatic rings. The van der Waals surface area contributed by atoms with E-state index < -0.39 is 0 Å². The monoisotopic (exact) mass is 431 g/mol. The Hall–Kier alpha value is -2.44. The predicted molar refractivity (Wildman–Crippen MR) is 118 cm³/mol. The highest BCUT2D eigenvalue weighted by atomic mass is 35.5. The number of nitrogens with zero attached hydrogens (tertiary/aromatic N) is 1. The number of rotatable bonds is 4. The summed E-state index contributed by atoms with van der Waals surface area (Å²) in [5.74, 6) is -0.240. The lowest BCUT2D eigenvalue weighted by molar-refractivity contribution is -0.136. The first kappa shape index (κ1) is 22.2. The first-order valence-electron chi connectivity index (χ1n) is 10.3. The zero-order valence-corrected chi connectivity index (χ0v) is 17.6. The van der Waals surface area contributed by atoms with Gasteiger partial charge in [-0.3, -0.25) is 9.59 Å². The van der Waals surface area contributed by atoms with Crippen molar-refractivity contribution in [3.63, 3.8) is 0 Å². The number of halogens is 2. The normalized spacial score (nSPS) is 19.2. The van der Waals surface area contributed by atoms with Gasteiger partial charge >= 0.3 is 0 Å². The Morgan fingerprint density at radius 2 is 1.70 bits per heavy atom. The minimum absolute atomic E-state index is 0. The third-order valence-electron chi connectivity index (χ3n) is 5.82. The Morgan fingerprint density at radius 3 is 2.37 bits per heavy atom. The highest BCUT2D eigenvalue weighted by Gasteiger charge is 2.31. The highest BCUT2D eigenvalue weighted by molar-refractivity contribution is 5.93. The van der Waals surface area contributed by atoms with Crippen molar-refractivity contribution in [3.8, 4) is 11.1 Å². The molecule has 0 unspecified atom stereocenters. The lowest BCUT2D eigenvalue weighted by atomic mass is 9.95. The van der Waals surface area contributed by atoms with Crippen molar-refractivity contribution in [1.29, 1.82) is 0 Å². The van der Waals surface area contributed by atoms with E-state index in [9.17, 15) is 14.0 Å². The Bertz CT molecular complexity index is 894. The SMILES string of the molecule is Cl.O=C(Nc1cccc(-c2cccc(F)c2)c1)C1CCN(C(=O)[C@H]2CCCN2)CC1. The van der Waals surface area contributed by atoms with E-state index >= 15 is 0 Å². The number of nitrogens with one attached hydrogen (secondary N) is 2. The van der Waals surface area contributed by atoms with Crippen LogP contribution in [-0.2, 0) is 9.59 Å². The third-order valence-corrected chi connectivity index (χ3v) is 5.82. The molecule has 2 fully saturated rings. The molecule has 4 rings (SSSR count). The largest absolute Gasteiger partial charge is 0.341 e. The fourth-order valence-electron chi connectivity index (χ4n) is 4.17. The van der Waals surface area contributed by atoms with Crippen molar-refractivity contribution < 1.29 is 14.0 Å². The summed E-state index contributed by atoms with van der Waals surface area (Å²) < 4.78 is 13.5. The first-order valence-corrected chi connectivity index (χ1v) is 10.3. The van der Waals surface area contributed by atoms with Gasteiger partial charge in [-0.1, -0.05) is 24.3 Å². The van der Waals surface area contributed by atoms with Crippen LogP contribution in [-0.4, -0.2) is 42.4 Å². The number of piperidine rings is 1. The van der Waals surface area contributed by atoms with E-state index in [2.05, 4.69) is 10.6 Å². The van der Waals surface area contributed by atoms with Crippen LogP contribution in [0.4, 0.5) is 10.1 Å². The Balaban J connectivity index is 0.00000256. The highest BCUT2D eigenvalue weighted by Crippen LogP contribution is 2.25. The topological polar surface area (TPSA) is 61.4 Å². The van der Waals surface area contributed by atoms with E-state index in [1.54, 1.807) is 6.07 Å². The van der Waals surface area contributed by atoms with Gasteiger partial charge in [0.05, 0.1) is 6.04 Å². The van der Waals surface area contributed by atoms with Crippen molar-refractivity contribution >= 4 is 29.9 Å². The van der Waals surface area contributed by atoms with E-state index in [1.165, 1.54) is 12.1 Å². The Labute approximate surface area is 182 Å². The van der Waals surface area contributed by atoms with Crippen LogP contribution in [0.5, 0.6) is 0 Å². The second-order valence-electron chi connectivity index (χ2n) is 7.83. The second kappa shape index (κ2) is 10.0. The molecule has 1 atom stereocenters. The summed E-state index contributed by atoms with van der Waals surface area (Å²) >= 11 is 0. The third kappa shape index (κ3) is 5.18. The lowest BCUT2D eigenvalue weighted by Crippen LogP contribution is -2.48. The average molecular weight is 432 g/mol. The molecule has 2 N–H and O–H groups in total. The van der Waals surface area contributed by atoms with Gasteiger partial charge in [0.25, 0.3) is 0 Å². The van der Waals surface area contributed by atoms with Gasteiger partial charge in [-0.05, 0) is 67.6 Å². The van der Waals surface area contributed by atoms with Gasteiger partial charge in [0, 0.05) is 24.7 Å². The van der Waals surface area contributed by atoms with Crippen LogP contribution < -0.4 is 10.6 Å². The summed E-state index contributed by atoms with van der Waals surface area (Å²) in [7, 11) is 0. The maximum atomic E-state index is 13.5. The van der Waals surface area contributed by atoms with Gasteiger partial charge in [-0.2, -0.15) is 0 Å². The number of hydrogen-bond donors (Lipinski definition) is 2. The maximum Gasteiger partial charge on any atom is 0.239 e. The molecule has 7 heteroatoms. The maximum absolute atomic E-state index is 13.5. The molecule has 0 radical (unpaired) electrons. The minimum Gasteiger partial charge on any atom is -0.341 e. The molecule has 30 heavy (non-hydrogen) atoms. The lowest BCUT2D eigenvalue weighted by Gasteiger charge is -2.33. The van der Waals surface area contributed by atoms with Crippen LogP contribution in [0, 0.1) is 11.7 Å². The summed E-state index contributed by atoms with van der Waals surface area (Å²) in [5.41, 5.74) is 2.32. The molecular formula is C23H27ClFN3O2. The number of amides is 2. The van der Waals surface area contributed by atoms with Crippen molar-refractivity contribution in [2.45, 2.75) is 31.7 Å². The van der Waals surface area contributed by atoms with Gasteiger partial charge in [0.2, 0.25) is 11.8 Å². The number of carbonyl (C=O) groups excluding carboxylic acids is 2. The smallest absolute Gasteiger partial charge is 0.239 e. The molecular weight excluding hydrogens is 405 g/mol. The van der Waals surface area contributed by atoms with Gasteiger partial charge in [0.1, 0.15) is 5.82 Å². The molecule has 0 saturated carbocycles. The quantitative estimate of drug-likeness (QED) is 0.773. The van der Waals surface area contributed by atoms with E-state index in [0.29, 0.717) is 31.6 Å². The molecule has 5 nitrogen and oxygen atoms in total. The van der Waals surface area contributed by atoms with Crippen molar-refractivity contribution in [3.05, 3.63) is 54.3 Å². The van der Waals surface area contributed by atoms with Crippen LogP contribution in [0.3, 0.4) is 0 Å². The average Bonchev–Trinajstić information content (AvgIpc) is 3.28. The molecule has 160 valence electrons. The number of hydrogen-bond acceptors (Lipinski definition) is 3. The van der Waals surface area contributed by atoms with Crippen LogP contribution >= 0.6 is 12.4 Å². The molecule has 2 amide bonds. The molecule has 2 aromatic rings. The molecule has 2 heterocycles. The standard InChI is InChI=1S/C23H26FN3O2.ClH/c24-19-6-1-4-17(14-19)18-5-2-7-20(15-18)26-22(28)16-9-12-27(13-10-16)23(29)21-8-3-11-25-21;/h1-2,4-7,14-16,21,25H,3,8-13H2,(H,26,28);1H/t21-;/m1./s1. The van der Waals surface area contributed by atoms with Gasteiger partial charge in [-0.25, -0.2) is 4.39 Å². The first-order chi connectivity index (χ1) is 14.1. The summed E-state index contributed by atoms with van der Waals surface area (Å²) in [6, 6.07) is 13.8. The second-order valence-corrected chi connectivity index (χ2v) is 7.83. The predicted octanol–water partition coefficient (Wildman–Crippen LogP) is 3.84. The number of anilines is 1. The van der Waals surface area contributed by atoms with Crippen molar-refractivity contribution in [2.75, 3.05) is 25.0 Å². The van der Waals surface area contributed by atoms with E-state index in [0.717, 1.165) is 30.5 Å². The number of benzene rings is 2. The molecule has 2 saturated heterocycles. The van der Waals surface area contributed by atoms with Gasteiger partial charge in [-0.15, -0.1) is 12.4 Å². The summed E-state index contributed by atoms with van der Waals surface area (Å²) in [6.45, 7) is 2.15. The summed E-state index contributed by atoms with van der Waals surface area (Å²) in [6.07, 6.45) is 3.30. The van der Waals surface area contributed by atoms with Crippen LogP contribution in [0.2, 0.25) is 0 Å². The molecule has 2 aliphatic heterocycles. The van der Waals surface area contributed by atoms with E-state index in [4.69, 9.17) is 0 Å². The van der Waals surface area contributed by atoms with Crippen molar-refractivity contribution in [1.82, 2.24) is 10.2 Å². The summed E-state index contributed by atoms with van der Waals surface area (Å²) in [5, 5.41) is 6.24. The molecule has 0 bridgehead atoms. The molecule has 0 aromatic heterocycles. The summed E-state index contributed by atoms with van der Waals surface area (Å²) in [4.78, 5) is 27.1. The van der Waals surface area contributed by atoms with Gasteiger partial charge in [0.15, 0.2) is 0 Å². The zero-order chi connectivity index (χ0) is 20.2. The van der Waals surface area contributed by atoms with Gasteiger partial charge < -0.3 is 15.5 Å². The Kier molecular flexibility index (Phi) is 7.45. The fourth-order valence-corrected chi connectivity index (χ4v) is 4.17. The number of likely N-dealkylation sites (tertiary alicyclic amines) is 1. The van der Waals surface area contributed by atoms with E-state index in [1.807, 2.05) is 35.2 Å². The molecule has 0 aliphatic carbocycles. The minimum atomic E-state index is -0.286. The molecule has 2 aromatic carbocycles. The zero-order valence-electron chi connectivity index (χ0n) is 16.8. The van der Waals surface area contributed by atoms with Crippen molar-refractivity contribution in [2.24, 2.45) is 5.92 Å². The van der Waals surface area contributed by atoms with Crippen LogP contribution in [0.1, 0.15) is 25.7 Å². The fraction of sp³-hybridized carbons (Fsp3) is 0.391. The van der Waals surface area contributed by atoms with E-state index in [-0.39, 0.29) is 42.0 Å². The van der Waals surface area contributed by atoms with Crippen LogP contribution in [0.25, 0.3) is 11.1 Å².